The van der Waals surface area contributed by atoms with Gasteiger partial charge in [0.05, 0.1) is 5.52 Å². The number of hydrogen-bond donors (Lipinski definition) is 3. The minimum Gasteiger partial charge on any atom is -0.494 e. The Morgan fingerprint density at radius 3 is 2.79 bits per heavy atom. The second-order valence-corrected chi connectivity index (χ2v) is 3.11. The first-order chi connectivity index (χ1) is 6.22. The molecule has 2 rings (SSSR count). The number of anilines is 1. The maximum atomic E-state index is 9.53. The molecule has 0 radical (unpaired) electrons. The zero-order valence-electron chi connectivity index (χ0n) is 7.87. The Kier molecular flexibility index (Phi) is 2.91. The van der Waals surface area contributed by atoms with E-state index in [1.165, 1.54) is 0 Å². The Bertz CT molecular complexity index is 451. The van der Waals surface area contributed by atoms with E-state index in [-0.39, 0.29) is 18.3 Å². The van der Waals surface area contributed by atoms with Gasteiger partial charge in [-0.15, -0.1) is 12.4 Å². The molecule has 0 amide bonds. The van der Waals surface area contributed by atoms with E-state index in [1.807, 2.05) is 25.1 Å². The van der Waals surface area contributed by atoms with E-state index >= 15 is 0 Å². The van der Waals surface area contributed by atoms with Crippen LogP contribution in [-0.2, 0) is 6.42 Å². The van der Waals surface area contributed by atoms with Gasteiger partial charge in [-0.3, -0.25) is 0 Å². The van der Waals surface area contributed by atoms with Crippen LogP contribution in [0.15, 0.2) is 18.2 Å². The van der Waals surface area contributed by atoms with E-state index in [4.69, 9.17) is 5.73 Å². The highest BCUT2D eigenvalue weighted by molar-refractivity contribution is 5.88. The van der Waals surface area contributed by atoms with E-state index in [0.717, 1.165) is 22.9 Å². The van der Waals surface area contributed by atoms with Crippen molar-refractivity contribution in [2.45, 2.75) is 13.3 Å². The molecule has 14 heavy (non-hydrogen) atoms. The average Bonchev–Trinajstić information content (AvgIpc) is 2.39. The molecule has 2 aromatic rings. The number of H-pyrrole nitrogens is 1. The fraction of sp³-hybridized carbons (Fsp3) is 0.200. The summed E-state index contributed by atoms with van der Waals surface area (Å²) in [5, 5.41) is 10.6. The molecule has 76 valence electrons. The molecule has 4 N–H and O–H groups in total. The highest BCUT2D eigenvalue weighted by Crippen LogP contribution is 2.28. The lowest BCUT2D eigenvalue weighted by Gasteiger charge is -1.94. The number of hydrogen-bond acceptors (Lipinski definition) is 2. The first-order valence-electron chi connectivity index (χ1n) is 4.31. The molecular formula is C10H13ClN2O. The first-order valence-corrected chi connectivity index (χ1v) is 4.31. The summed E-state index contributed by atoms with van der Waals surface area (Å²) in [7, 11) is 0. The van der Waals surface area contributed by atoms with Crippen LogP contribution in [0, 0.1) is 0 Å². The molecule has 0 aliphatic carbocycles. The van der Waals surface area contributed by atoms with E-state index in [0.29, 0.717) is 5.69 Å². The summed E-state index contributed by atoms with van der Waals surface area (Å²) in [6, 6.07) is 5.60. The Morgan fingerprint density at radius 2 is 2.14 bits per heavy atom. The van der Waals surface area contributed by atoms with Crippen LogP contribution in [0.2, 0.25) is 0 Å². The molecule has 0 atom stereocenters. The highest BCUT2D eigenvalue weighted by atomic mass is 35.5. The maximum Gasteiger partial charge on any atom is 0.192 e. The van der Waals surface area contributed by atoms with Crippen LogP contribution >= 0.6 is 12.4 Å². The highest BCUT2D eigenvalue weighted by Gasteiger charge is 2.07. The van der Waals surface area contributed by atoms with E-state index in [2.05, 4.69) is 4.98 Å². The molecule has 0 saturated carbocycles. The van der Waals surface area contributed by atoms with Crippen LogP contribution < -0.4 is 5.73 Å². The van der Waals surface area contributed by atoms with Crippen molar-refractivity contribution in [2.24, 2.45) is 0 Å². The van der Waals surface area contributed by atoms with E-state index in [1.54, 1.807) is 0 Å². The molecule has 0 unspecified atom stereocenters. The van der Waals surface area contributed by atoms with Gasteiger partial charge in [0.1, 0.15) is 0 Å². The van der Waals surface area contributed by atoms with Gasteiger partial charge in [-0.2, -0.15) is 0 Å². The standard InChI is InChI=1S/C10H12N2O.ClH/c1-2-7-8-4-3-6(11)5-9(8)12-10(7)13;/h3-5,12-13H,2,11H2,1H3;1H. The smallest absolute Gasteiger partial charge is 0.192 e. The number of nitrogens with one attached hydrogen (secondary N) is 1. The molecule has 1 aromatic heterocycles. The molecule has 0 aliphatic heterocycles. The van der Waals surface area contributed by atoms with Crippen molar-refractivity contribution in [2.75, 3.05) is 5.73 Å². The molecule has 1 aromatic carbocycles. The molecule has 3 nitrogen and oxygen atoms in total. The van der Waals surface area contributed by atoms with E-state index < -0.39 is 0 Å². The van der Waals surface area contributed by atoms with Gasteiger partial charge >= 0.3 is 0 Å². The molecule has 0 spiro atoms. The van der Waals surface area contributed by atoms with Crippen LogP contribution in [0.5, 0.6) is 5.88 Å². The molecular weight excluding hydrogens is 200 g/mol. The predicted octanol–water partition coefficient (Wildman–Crippen LogP) is 2.44. The Labute approximate surface area is 88.3 Å². The molecule has 0 bridgehead atoms. The van der Waals surface area contributed by atoms with Gasteiger partial charge in [-0.1, -0.05) is 13.0 Å². The number of aromatic nitrogens is 1. The third kappa shape index (κ3) is 1.51. The number of aromatic amines is 1. The van der Waals surface area contributed by atoms with Crippen molar-refractivity contribution in [3.05, 3.63) is 23.8 Å². The average molecular weight is 213 g/mol. The summed E-state index contributed by atoms with van der Waals surface area (Å²) in [5.41, 5.74) is 8.18. The Morgan fingerprint density at radius 1 is 1.43 bits per heavy atom. The van der Waals surface area contributed by atoms with Gasteiger partial charge in [0.2, 0.25) is 0 Å². The number of halogens is 1. The maximum absolute atomic E-state index is 9.53. The predicted molar refractivity (Wildman–Crippen MR) is 61.0 cm³/mol. The van der Waals surface area contributed by atoms with Gasteiger partial charge in [-0.05, 0) is 18.6 Å². The summed E-state index contributed by atoms with van der Waals surface area (Å²) in [6.07, 6.45) is 0.815. The van der Waals surface area contributed by atoms with E-state index in [9.17, 15) is 5.11 Å². The van der Waals surface area contributed by atoms with Crippen molar-refractivity contribution >= 4 is 29.0 Å². The Hall–Kier alpha value is -1.35. The van der Waals surface area contributed by atoms with Crippen molar-refractivity contribution in [1.82, 2.24) is 4.98 Å². The van der Waals surface area contributed by atoms with Crippen LogP contribution in [0.4, 0.5) is 5.69 Å². The van der Waals surface area contributed by atoms with Gasteiger partial charge in [0.15, 0.2) is 5.88 Å². The third-order valence-corrected chi connectivity index (χ3v) is 2.26. The molecule has 0 aliphatic rings. The molecule has 4 heteroatoms. The zero-order chi connectivity index (χ0) is 9.42. The van der Waals surface area contributed by atoms with Crippen LogP contribution in [0.1, 0.15) is 12.5 Å². The lowest BCUT2D eigenvalue weighted by molar-refractivity contribution is 0.452. The van der Waals surface area contributed by atoms with Gasteiger partial charge in [0.25, 0.3) is 0 Å². The summed E-state index contributed by atoms with van der Waals surface area (Å²) in [5.74, 6) is 0.253. The van der Waals surface area contributed by atoms with Crippen LogP contribution in [-0.4, -0.2) is 10.1 Å². The van der Waals surface area contributed by atoms with Gasteiger partial charge in [0, 0.05) is 16.6 Å². The lowest BCUT2D eigenvalue weighted by Crippen LogP contribution is -1.83. The van der Waals surface area contributed by atoms with Gasteiger partial charge < -0.3 is 15.8 Å². The summed E-state index contributed by atoms with van der Waals surface area (Å²) in [4.78, 5) is 2.89. The molecule has 0 saturated heterocycles. The number of aryl methyl sites for hydroxylation is 1. The summed E-state index contributed by atoms with van der Waals surface area (Å²) in [6.45, 7) is 2.01. The fourth-order valence-corrected chi connectivity index (χ4v) is 1.62. The van der Waals surface area contributed by atoms with Crippen molar-refractivity contribution in [1.29, 1.82) is 0 Å². The van der Waals surface area contributed by atoms with Crippen LogP contribution in [0.3, 0.4) is 0 Å². The minimum absolute atomic E-state index is 0. The van der Waals surface area contributed by atoms with Crippen LogP contribution in [0.25, 0.3) is 10.9 Å². The number of benzene rings is 1. The van der Waals surface area contributed by atoms with Gasteiger partial charge in [-0.25, -0.2) is 0 Å². The monoisotopic (exact) mass is 212 g/mol. The zero-order valence-corrected chi connectivity index (χ0v) is 8.69. The number of nitrogens with two attached hydrogens (primary N) is 1. The topological polar surface area (TPSA) is 62.0 Å². The second kappa shape index (κ2) is 3.80. The normalized spacial score (nSPS) is 10.1. The minimum atomic E-state index is 0. The summed E-state index contributed by atoms with van der Waals surface area (Å²) >= 11 is 0. The fourth-order valence-electron chi connectivity index (χ4n) is 1.62. The largest absolute Gasteiger partial charge is 0.494 e. The first kappa shape index (κ1) is 10.7. The Balaban J connectivity index is 0.000000980. The second-order valence-electron chi connectivity index (χ2n) is 3.11. The van der Waals surface area contributed by atoms with Crippen molar-refractivity contribution in [3.8, 4) is 5.88 Å². The number of aromatic hydroxyl groups is 1. The van der Waals surface area contributed by atoms with Crippen molar-refractivity contribution in [3.63, 3.8) is 0 Å². The molecule has 1 heterocycles. The number of rotatable bonds is 1. The summed E-state index contributed by atoms with van der Waals surface area (Å²) < 4.78 is 0. The lowest BCUT2D eigenvalue weighted by atomic mass is 10.1. The third-order valence-electron chi connectivity index (χ3n) is 2.26. The number of nitrogen functional groups attached to an aromatic ring is 1. The van der Waals surface area contributed by atoms with Crippen molar-refractivity contribution < 1.29 is 5.11 Å². The quantitative estimate of drug-likeness (QED) is 0.636. The molecule has 0 fully saturated rings. The SMILES string of the molecule is CCc1c(O)[nH]c2cc(N)ccc12.Cl. The number of fused-ring (bicyclic) bond motifs is 1.